The van der Waals surface area contributed by atoms with Gasteiger partial charge in [0.05, 0.1) is 6.04 Å². The van der Waals surface area contributed by atoms with Crippen LogP contribution in [0.2, 0.25) is 0 Å². The monoisotopic (exact) mass is 684 g/mol. The van der Waals surface area contributed by atoms with E-state index in [9.17, 15) is 37.3 Å². The summed E-state index contributed by atoms with van der Waals surface area (Å²) in [5.41, 5.74) is 9.22. The topological polar surface area (TPSA) is 307 Å². The van der Waals surface area contributed by atoms with Gasteiger partial charge in [0.2, 0.25) is 11.4 Å². The number of aliphatic imine (C=N–C) groups is 1. The number of allylic oxidation sites excluding steroid dienone is 1. The summed E-state index contributed by atoms with van der Waals surface area (Å²) in [6, 6.07) is -1.82. The maximum atomic E-state index is 13.2. The molecule has 3 heterocycles. The highest BCUT2D eigenvalue weighted by Crippen LogP contribution is 2.24. The van der Waals surface area contributed by atoms with Crippen molar-refractivity contribution in [1.82, 2.24) is 30.4 Å². The molecule has 0 spiro atoms. The average molecular weight is 685 g/mol. The number of nitrogens with two attached hydrogens (primary N) is 2. The van der Waals surface area contributed by atoms with Gasteiger partial charge in [-0.25, -0.2) is 14.1 Å². The summed E-state index contributed by atoms with van der Waals surface area (Å²) in [4.78, 5) is 63.1. The fourth-order valence-electron chi connectivity index (χ4n) is 3.68. The summed E-state index contributed by atoms with van der Waals surface area (Å²) < 4.78 is 38.7. The fraction of sp³-hybridized carbons (Fsp3) is 0.417. The maximum absolute atomic E-state index is 13.2. The van der Waals surface area contributed by atoms with E-state index in [1.165, 1.54) is 24.7 Å². The molecule has 0 aliphatic carbocycles. The molecule has 46 heavy (non-hydrogen) atoms. The average Bonchev–Trinajstić information content (AvgIpc) is 3.64. The quantitative estimate of drug-likeness (QED) is 0.0337. The van der Waals surface area contributed by atoms with Gasteiger partial charge in [0.25, 0.3) is 17.7 Å². The van der Waals surface area contributed by atoms with Crippen LogP contribution in [0.25, 0.3) is 5.57 Å². The first kappa shape index (κ1) is 35.5. The Labute approximate surface area is 265 Å². The molecule has 20 nitrogen and oxygen atoms in total. The number of oxime groups is 1. The summed E-state index contributed by atoms with van der Waals surface area (Å²) in [5.74, 6) is -4.94. The number of hydrogen-bond donors (Lipinski definition) is 7. The lowest BCUT2D eigenvalue weighted by atomic mass is 9.98. The van der Waals surface area contributed by atoms with Crippen molar-refractivity contribution in [3.8, 4) is 0 Å². The fourth-order valence-corrected chi connectivity index (χ4v) is 5.10. The molecule has 1 aliphatic rings. The molecule has 0 bridgehead atoms. The smallest absolute Gasteiger partial charge is 0.362 e. The van der Waals surface area contributed by atoms with Gasteiger partial charge >= 0.3 is 16.3 Å². The normalized spacial score (nSPS) is 17.5. The third-order valence-corrected chi connectivity index (χ3v) is 7.74. The van der Waals surface area contributed by atoms with Gasteiger partial charge in [0, 0.05) is 49.6 Å². The molecular formula is C24H32N10O10S2. The number of carboxylic acids is 1. The van der Waals surface area contributed by atoms with Crippen LogP contribution < -0.4 is 27.4 Å². The van der Waals surface area contributed by atoms with Gasteiger partial charge in [0.15, 0.2) is 10.8 Å². The molecule has 1 saturated heterocycles. The molecule has 1 aliphatic heterocycles. The lowest BCUT2D eigenvalue weighted by Crippen LogP contribution is -2.74. The molecule has 2 atom stereocenters. The van der Waals surface area contributed by atoms with Crippen molar-refractivity contribution < 1.29 is 46.6 Å². The Hall–Kier alpha value is -4.93. The van der Waals surface area contributed by atoms with Crippen LogP contribution in [-0.2, 0) is 29.5 Å². The second kappa shape index (κ2) is 14.9. The number of carboxylic acid groups (broad SMARTS) is 1. The van der Waals surface area contributed by atoms with Gasteiger partial charge in [-0.15, -0.1) is 11.3 Å². The third kappa shape index (κ3) is 8.62. The van der Waals surface area contributed by atoms with Crippen LogP contribution in [0.15, 0.2) is 32.3 Å². The lowest BCUT2D eigenvalue weighted by molar-refractivity contribution is -0.161. The van der Waals surface area contributed by atoms with Crippen LogP contribution in [0.3, 0.4) is 0 Å². The SMILES string of the molecule is C/N=C/C(=C\NCCCN)c1cc(C(=O)NC[C@@H]2[C@H](NC(=O)/C(=N\OC(C)(C)C(=O)O)c3csc(N)n3)C(=O)N2S(=O)(=O)O)on1. The number of hydrogen-bond acceptors (Lipinski definition) is 16. The maximum Gasteiger partial charge on any atom is 0.362 e. The zero-order chi connectivity index (χ0) is 34.2. The predicted octanol–water partition coefficient (Wildman–Crippen LogP) is -1.79. The minimum atomic E-state index is -5.12. The first-order chi connectivity index (χ1) is 21.6. The zero-order valence-corrected chi connectivity index (χ0v) is 26.3. The molecule has 3 rings (SSSR count). The molecule has 2 aromatic heterocycles. The first-order valence-electron chi connectivity index (χ1n) is 13.2. The highest BCUT2D eigenvalue weighted by molar-refractivity contribution is 7.84. The van der Waals surface area contributed by atoms with E-state index in [0.29, 0.717) is 25.1 Å². The zero-order valence-electron chi connectivity index (χ0n) is 24.7. The van der Waals surface area contributed by atoms with Crippen molar-refractivity contribution in [2.75, 3.05) is 32.4 Å². The van der Waals surface area contributed by atoms with Gasteiger partial charge in [-0.05, 0) is 26.8 Å². The van der Waals surface area contributed by atoms with Crippen LogP contribution in [0, 0.1) is 0 Å². The van der Waals surface area contributed by atoms with Crippen LogP contribution >= 0.6 is 11.3 Å². The number of nitrogen functional groups attached to an aromatic ring is 1. The Morgan fingerprint density at radius 3 is 2.61 bits per heavy atom. The second-order valence-corrected chi connectivity index (χ2v) is 12.1. The summed E-state index contributed by atoms with van der Waals surface area (Å²) >= 11 is 0.920. The molecule has 3 amide bonds. The van der Waals surface area contributed by atoms with Crippen LogP contribution in [-0.4, -0.2) is 113 Å². The Morgan fingerprint density at radius 2 is 2.02 bits per heavy atom. The number of thiazole rings is 1. The number of aliphatic carboxylic acids is 1. The summed E-state index contributed by atoms with van der Waals surface area (Å²) in [5, 5.41) is 25.7. The van der Waals surface area contributed by atoms with E-state index in [-0.39, 0.29) is 26.6 Å². The van der Waals surface area contributed by atoms with Crippen molar-refractivity contribution in [2.24, 2.45) is 15.9 Å². The van der Waals surface area contributed by atoms with Crippen molar-refractivity contribution in [3.63, 3.8) is 0 Å². The number of β-lactam (4-membered cyclic amide) rings is 1. The largest absolute Gasteiger partial charge is 0.478 e. The van der Waals surface area contributed by atoms with Crippen LogP contribution in [0.4, 0.5) is 5.13 Å². The van der Waals surface area contributed by atoms with Crippen molar-refractivity contribution in [2.45, 2.75) is 38.0 Å². The molecule has 22 heteroatoms. The highest BCUT2D eigenvalue weighted by atomic mass is 32.2. The van der Waals surface area contributed by atoms with E-state index in [2.05, 4.69) is 36.2 Å². The van der Waals surface area contributed by atoms with E-state index < -0.39 is 63.9 Å². The van der Waals surface area contributed by atoms with Crippen LogP contribution in [0.5, 0.6) is 0 Å². The standard InChI is InChI=1S/C24H32N10O10S2/c1-24(2,22(38)39)44-33-17(14-11-45-23(26)30-14)20(36)31-18-15(34(21(18)37)46(40,41)42)10-29-19(35)16-7-13(32-43-16)12(8-27-3)9-28-6-4-5-25/h7-9,11,15,18,28H,4-6,10,25H2,1-3H3,(H2,26,30)(H,29,35)(H,31,36)(H,38,39)(H,40,41,42)/b12-9+,27-8+,33-17-/t15-,18+/m1/s1. The molecule has 1 fully saturated rings. The highest BCUT2D eigenvalue weighted by Gasteiger charge is 2.54. The number of anilines is 1. The molecule has 0 saturated carbocycles. The molecule has 250 valence electrons. The Kier molecular flexibility index (Phi) is 11.5. The van der Waals surface area contributed by atoms with E-state index in [4.69, 9.17) is 20.8 Å². The van der Waals surface area contributed by atoms with Crippen LogP contribution in [0.1, 0.15) is 42.2 Å². The van der Waals surface area contributed by atoms with Gasteiger partial charge in [0.1, 0.15) is 17.4 Å². The number of aromatic nitrogens is 2. The first-order valence-corrected chi connectivity index (χ1v) is 15.5. The van der Waals surface area contributed by atoms with E-state index >= 15 is 0 Å². The third-order valence-electron chi connectivity index (χ3n) is 6.12. The molecule has 0 radical (unpaired) electrons. The summed E-state index contributed by atoms with van der Waals surface area (Å²) in [6.07, 6.45) is 3.78. The number of carbonyl (C=O) groups excluding carboxylic acids is 3. The summed E-state index contributed by atoms with van der Waals surface area (Å²) in [6.45, 7) is 2.78. The molecule has 0 unspecified atom stereocenters. The Morgan fingerprint density at radius 1 is 1.30 bits per heavy atom. The van der Waals surface area contributed by atoms with Gasteiger partial charge in [-0.2, -0.15) is 8.42 Å². The van der Waals surface area contributed by atoms with Crippen molar-refractivity contribution in [1.29, 1.82) is 0 Å². The molecule has 9 N–H and O–H groups in total. The van der Waals surface area contributed by atoms with Gasteiger partial charge < -0.3 is 41.9 Å². The number of carbonyl (C=O) groups is 4. The van der Waals surface area contributed by atoms with Crippen molar-refractivity contribution in [3.05, 3.63) is 34.8 Å². The number of nitrogens with one attached hydrogen (secondary N) is 3. The molecule has 2 aromatic rings. The lowest BCUT2D eigenvalue weighted by Gasteiger charge is -2.44. The number of rotatable bonds is 16. The van der Waals surface area contributed by atoms with E-state index in [1.807, 2.05) is 0 Å². The molecule has 0 aromatic carbocycles. The van der Waals surface area contributed by atoms with E-state index in [1.54, 1.807) is 6.20 Å². The Bertz CT molecular complexity index is 1660. The van der Waals surface area contributed by atoms with Crippen molar-refractivity contribution >= 4 is 68.0 Å². The second-order valence-electron chi connectivity index (χ2n) is 9.92. The Balaban J connectivity index is 1.79. The molecular weight excluding hydrogens is 652 g/mol. The predicted molar refractivity (Wildman–Crippen MR) is 163 cm³/mol. The van der Waals surface area contributed by atoms with Gasteiger partial charge in [-0.3, -0.25) is 23.9 Å². The number of nitrogens with zero attached hydrogens (tertiary/aromatic N) is 5. The summed E-state index contributed by atoms with van der Waals surface area (Å²) in [7, 11) is -3.59. The minimum absolute atomic E-state index is 0.0221. The van der Waals surface area contributed by atoms with Gasteiger partial charge in [-0.1, -0.05) is 10.3 Å². The number of amides is 3. The van der Waals surface area contributed by atoms with E-state index in [0.717, 1.165) is 25.2 Å². The minimum Gasteiger partial charge on any atom is -0.478 e.